The van der Waals surface area contributed by atoms with Crippen molar-refractivity contribution in [3.63, 3.8) is 0 Å². The van der Waals surface area contributed by atoms with Crippen LogP contribution in [0.2, 0.25) is 0 Å². The van der Waals surface area contributed by atoms with Gasteiger partial charge in [0.1, 0.15) is 17.5 Å². The Morgan fingerprint density at radius 2 is 1.64 bits per heavy atom. The molecular formula is C28H27FN6O7. The van der Waals surface area contributed by atoms with Crippen LogP contribution in [-0.2, 0) is 19.2 Å². The van der Waals surface area contributed by atoms with Gasteiger partial charge in [-0.3, -0.25) is 28.9 Å². The Bertz CT molecular complexity index is 1650. The summed E-state index contributed by atoms with van der Waals surface area (Å²) in [6.07, 6.45) is -2.34. The number of halogens is 1. The summed E-state index contributed by atoms with van der Waals surface area (Å²) in [5.74, 6) is -12.6. The van der Waals surface area contributed by atoms with Crippen LogP contribution in [0.5, 0.6) is 5.75 Å². The number of hydrogen-bond acceptors (Lipinski definition) is 12. The SMILES string of the molecule is CN(C)[C@@H]1C(=O)C(C(N)=O)C(=O)[C@@]2(C#N)C(=O)C3C(=O)c4c(ccc(-c5ccc(F)cc5)c4O)[C@H](N)[C@@]3(N)[C@H](O)[C@@]12N. The molecule has 14 heteroatoms. The van der Waals surface area contributed by atoms with Crippen LogP contribution in [-0.4, -0.2) is 81.5 Å². The van der Waals surface area contributed by atoms with Crippen molar-refractivity contribution in [3.8, 4) is 22.9 Å². The molecule has 3 aliphatic rings. The molecule has 2 unspecified atom stereocenters. The van der Waals surface area contributed by atoms with Gasteiger partial charge in [0.2, 0.25) is 5.91 Å². The number of fused-ring (bicyclic) bond motifs is 3. The molecule has 2 fully saturated rings. The molecule has 0 bridgehead atoms. The van der Waals surface area contributed by atoms with Gasteiger partial charge in [-0.25, -0.2) is 4.39 Å². The molecule has 8 atom stereocenters. The predicted molar refractivity (Wildman–Crippen MR) is 141 cm³/mol. The number of ketones is 4. The van der Waals surface area contributed by atoms with Gasteiger partial charge in [0.15, 0.2) is 34.5 Å². The number of nitriles is 1. The summed E-state index contributed by atoms with van der Waals surface area (Å²) in [4.78, 5) is 69.2. The predicted octanol–water partition coefficient (Wildman–Crippen LogP) is -1.96. The molecule has 2 aromatic rings. The number of carbonyl (C=O) groups is 5. The van der Waals surface area contributed by atoms with Gasteiger partial charge in [0.25, 0.3) is 0 Å². The quantitative estimate of drug-likeness (QED) is 0.217. The van der Waals surface area contributed by atoms with Gasteiger partial charge in [-0.05, 0) is 37.4 Å². The Balaban J connectivity index is 1.81. The first-order valence-corrected chi connectivity index (χ1v) is 12.7. The summed E-state index contributed by atoms with van der Waals surface area (Å²) in [7, 11) is 2.60. The molecule has 0 saturated heterocycles. The number of likely N-dealkylation sites (N-methyl/N-ethyl adjacent to an activating group) is 1. The van der Waals surface area contributed by atoms with Crippen molar-refractivity contribution in [2.45, 2.75) is 29.3 Å². The second kappa shape index (κ2) is 9.05. The number of phenolic OH excluding ortho intramolecular Hbond substituents is 1. The molecular weight excluding hydrogens is 551 g/mol. The average molecular weight is 579 g/mol. The van der Waals surface area contributed by atoms with Crippen molar-refractivity contribution in [3.05, 3.63) is 53.3 Å². The highest BCUT2D eigenvalue weighted by Crippen LogP contribution is 2.58. The molecule has 0 radical (unpaired) electrons. The van der Waals surface area contributed by atoms with Crippen LogP contribution in [0.3, 0.4) is 0 Å². The Kier molecular flexibility index (Phi) is 6.28. The van der Waals surface area contributed by atoms with Crippen LogP contribution in [0.15, 0.2) is 36.4 Å². The first-order chi connectivity index (χ1) is 19.5. The standard InChI is InChI=1S/C28H27FN6O7/c1-35(2)21-19(38)15(24(32)41)22(39)26(9-30)23(40)16-18(37)14-13(20(31)27(16,33)25(42)28(21,26)34)8-7-12(17(14)36)10-3-5-11(29)6-4-10/h3-8,15-16,20-21,25,36,42H,31,33-34H2,1-2H3,(H2,32,41)/t15?,16?,20-,21+,25-,26-,27+,28-/m0/s1. The zero-order valence-electron chi connectivity index (χ0n) is 22.4. The second-order valence-electron chi connectivity index (χ2n) is 11.2. The maximum Gasteiger partial charge on any atom is 0.235 e. The molecule has 1 amide bonds. The summed E-state index contributed by atoms with van der Waals surface area (Å²) in [5, 5.41) is 33.6. The van der Waals surface area contributed by atoms with Gasteiger partial charge in [-0.15, -0.1) is 0 Å². The molecule has 0 spiro atoms. The lowest BCUT2D eigenvalue weighted by molar-refractivity contribution is -0.181. The summed E-state index contributed by atoms with van der Waals surface area (Å²) in [6, 6.07) is 5.72. The summed E-state index contributed by atoms with van der Waals surface area (Å²) in [6.45, 7) is 0. The Morgan fingerprint density at radius 1 is 1.05 bits per heavy atom. The molecule has 5 rings (SSSR count). The molecule has 2 aromatic carbocycles. The summed E-state index contributed by atoms with van der Waals surface area (Å²) >= 11 is 0. The number of benzene rings is 2. The van der Waals surface area contributed by atoms with Gasteiger partial charge >= 0.3 is 0 Å². The number of phenols is 1. The number of nitrogens with two attached hydrogens (primary N) is 4. The normalized spacial score (nSPS) is 35.7. The fraction of sp³-hybridized carbons (Fsp3) is 0.357. The molecule has 2 saturated carbocycles. The first-order valence-electron chi connectivity index (χ1n) is 12.7. The lowest BCUT2D eigenvalue weighted by Gasteiger charge is -2.64. The van der Waals surface area contributed by atoms with Gasteiger partial charge < -0.3 is 33.1 Å². The number of aromatic hydroxyl groups is 1. The van der Waals surface area contributed by atoms with Crippen molar-refractivity contribution in [1.82, 2.24) is 4.90 Å². The number of aliphatic hydroxyl groups is 1. The number of hydrogen-bond donors (Lipinski definition) is 6. The number of amides is 1. The topological polar surface area (TPSA) is 257 Å². The molecule has 0 heterocycles. The number of rotatable bonds is 3. The van der Waals surface area contributed by atoms with E-state index in [-0.39, 0.29) is 11.1 Å². The van der Waals surface area contributed by atoms with Crippen LogP contribution < -0.4 is 22.9 Å². The average Bonchev–Trinajstić information content (AvgIpc) is 2.91. The van der Waals surface area contributed by atoms with E-state index in [9.17, 15) is 43.8 Å². The van der Waals surface area contributed by atoms with E-state index >= 15 is 0 Å². The third kappa shape index (κ3) is 3.14. The third-order valence-corrected chi connectivity index (χ3v) is 9.06. The lowest BCUT2D eigenvalue weighted by atomic mass is 9.41. The smallest absolute Gasteiger partial charge is 0.235 e. The van der Waals surface area contributed by atoms with Crippen LogP contribution in [0.4, 0.5) is 4.39 Å². The van der Waals surface area contributed by atoms with Gasteiger partial charge in [0, 0.05) is 5.56 Å². The highest BCUT2D eigenvalue weighted by Gasteiger charge is 2.83. The zero-order chi connectivity index (χ0) is 31.3. The fourth-order valence-corrected chi connectivity index (χ4v) is 7.12. The molecule has 3 aliphatic carbocycles. The molecule has 13 nitrogen and oxygen atoms in total. The van der Waals surface area contributed by atoms with E-state index < -0.39 is 92.7 Å². The first kappa shape index (κ1) is 29.1. The molecule has 0 aliphatic heterocycles. The Labute approximate surface area is 237 Å². The van der Waals surface area contributed by atoms with Crippen molar-refractivity contribution in [1.29, 1.82) is 5.26 Å². The van der Waals surface area contributed by atoms with Crippen molar-refractivity contribution in [2.24, 2.45) is 40.2 Å². The van der Waals surface area contributed by atoms with E-state index in [0.29, 0.717) is 5.56 Å². The van der Waals surface area contributed by atoms with E-state index in [1.54, 1.807) is 0 Å². The number of nitrogens with zero attached hydrogens (tertiary/aromatic N) is 2. The van der Waals surface area contributed by atoms with Gasteiger partial charge in [0.05, 0.1) is 40.9 Å². The molecule has 218 valence electrons. The van der Waals surface area contributed by atoms with Crippen LogP contribution >= 0.6 is 0 Å². The Morgan fingerprint density at radius 3 is 2.17 bits per heavy atom. The van der Waals surface area contributed by atoms with Crippen LogP contribution in [0.1, 0.15) is 22.0 Å². The van der Waals surface area contributed by atoms with Gasteiger partial charge in [-0.2, -0.15) is 5.26 Å². The summed E-state index contributed by atoms with van der Waals surface area (Å²) < 4.78 is 13.5. The van der Waals surface area contributed by atoms with Crippen molar-refractivity contribution in [2.75, 3.05) is 14.1 Å². The second-order valence-corrected chi connectivity index (χ2v) is 11.2. The van der Waals surface area contributed by atoms with Crippen molar-refractivity contribution < 1.29 is 38.6 Å². The van der Waals surface area contributed by atoms with E-state index in [4.69, 9.17) is 22.9 Å². The molecule has 10 N–H and O–H groups in total. The maximum absolute atomic E-state index is 14.4. The van der Waals surface area contributed by atoms with Gasteiger partial charge in [-0.1, -0.05) is 24.3 Å². The minimum Gasteiger partial charge on any atom is -0.507 e. The fourth-order valence-electron chi connectivity index (χ4n) is 7.12. The Hall–Kier alpha value is -4.39. The van der Waals surface area contributed by atoms with E-state index in [0.717, 1.165) is 17.0 Å². The van der Waals surface area contributed by atoms with E-state index in [1.165, 1.54) is 44.4 Å². The zero-order valence-corrected chi connectivity index (χ0v) is 22.4. The minimum absolute atomic E-state index is 0.0617. The summed E-state index contributed by atoms with van der Waals surface area (Å²) in [5.41, 5.74) is 16.5. The number of aliphatic hydroxyl groups excluding tert-OH is 1. The monoisotopic (exact) mass is 578 g/mol. The van der Waals surface area contributed by atoms with Crippen molar-refractivity contribution >= 4 is 29.0 Å². The van der Waals surface area contributed by atoms with E-state index in [2.05, 4.69) is 0 Å². The number of primary amides is 1. The maximum atomic E-state index is 14.4. The molecule has 0 aromatic heterocycles. The third-order valence-electron chi connectivity index (χ3n) is 9.06. The van der Waals surface area contributed by atoms with E-state index in [1.807, 2.05) is 0 Å². The minimum atomic E-state index is -3.15. The number of Topliss-reactive ketones (excluding diaryl/α,β-unsaturated/α-hetero) is 4. The highest BCUT2D eigenvalue weighted by molar-refractivity contribution is 6.33. The lowest BCUT2D eigenvalue weighted by Crippen LogP contribution is -2.92. The molecule has 42 heavy (non-hydrogen) atoms. The largest absolute Gasteiger partial charge is 0.507 e. The van der Waals surface area contributed by atoms with Crippen LogP contribution in [0.25, 0.3) is 11.1 Å². The van der Waals surface area contributed by atoms with Crippen LogP contribution in [0, 0.1) is 34.4 Å². The number of carbonyl (C=O) groups excluding carboxylic acids is 5. The highest BCUT2D eigenvalue weighted by atomic mass is 19.1.